The SMILES string of the molecule is CCOC(=O)/C=C/c1ccccc1.[CH2]C=O. The van der Waals surface area contributed by atoms with Gasteiger partial charge in [-0.3, -0.25) is 0 Å². The van der Waals surface area contributed by atoms with Crippen LogP contribution in [-0.4, -0.2) is 18.9 Å². The topological polar surface area (TPSA) is 43.4 Å². The Morgan fingerprint density at radius 3 is 2.44 bits per heavy atom. The lowest BCUT2D eigenvalue weighted by molar-refractivity contribution is -0.137. The highest BCUT2D eigenvalue weighted by Crippen LogP contribution is 2.00. The molecule has 0 spiro atoms. The molecule has 0 saturated carbocycles. The van der Waals surface area contributed by atoms with Gasteiger partial charge < -0.3 is 9.53 Å². The van der Waals surface area contributed by atoms with Crippen LogP contribution in [0.4, 0.5) is 0 Å². The van der Waals surface area contributed by atoms with Gasteiger partial charge in [-0.15, -0.1) is 0 Å². The summed E-state index contributed by atoms with van der Waals surface area (Å²) in [5.41, 5.74) is 0.996. The summed E-state index contributed by atoms with van der Waals surface area (Å²) in [7, 11) is 0. The Kier molecular flexibility index (Phi) is 8.50. The smallest absolute Gasteiger partial charge is 0.330 e. The summed E-state index contributed by atoms with van der Waals surface area (Å²) in [4.78, 5) is 19.6. The highest BCUT2D eigenvalue weighted by Gasteiger charge is 1.92. The van der Waals surface area contributed by atoms with Crippen molar-refractivity contribution in [2.75, 3.05) is 6.61 Å². The van der Waals surface area contributed by atoms with Crippen LogP contribution in [0.15, 0.2) is 36.4 Å². The Hall–Kier alpha value is -1.90. The molecule has 0 aliphatic carbocycles. The average molecular weight is 219 g/mol. The molecule has 0 atom stereocenters. The summed E-state index contributed by atoms with van der Waals surface area (Å²) in [5, 5.41) is 0. The summed E-state index contributed by atoms with van der Waals surface area (Å²) < 4.78 is 4.74. The van der Waals surface area contributed by atoms with Crippen LogP contribution in [0.2, 0.25) is 0 Å². The van der Waals surface area contributed by atoms with E-state index in [1.165, 1.54) is 6.08 Å². The molecule has 85 valence electrons. The monoisotopic (exact) mass is 219 g/mol. The fourth-order valence-electron chi connectivity index (χ4n) is 0.919. The maximum atomic E-state index is 10.9. The van der Waals surface area contributed by atoms with Gasteiger partial charge >= 0.3 is 5.97 Å². The summed E-state index contributed by atoms with van der Waals surface area (Å²) in [6.45, 7) is 5.01. The maximum absolute atomic E-state index is 10.9. The van der Waals surface area contributed by atoms with Gasteiger partial charge in [-0.1, -0.05) is 30.3 Å². The molecule has 1 aromatic carbocycles. The molecule has 0 fully saturated rings. The van der Waals surface area contributed by atoms with E-state index >= 15 is 0 Å². The van der Waals surface area contributed by atoms with Gasteiger partial charge in [0.15, 0.2) is 0 Å². The lowest BCUT2D eigenvalue weighted by Crippen LogP contribution is -1.98. The zero-order valence-corrected chi connectivity index (χ0v) is 9.26. The van der Waals surface area contributed by atoms with Gasteiger partial charge in [0.2, 0.25) is 0 Å². The van der Waals surface area contributed by atoms with Crippen molar-refractivity contribution in [2.45, 2.75) is 6.92 Å². The summed E-state index contributed by atoms with van der Waals surface area (Å²) >= 11 is 0. The molecule has 1 rings (SSSR count). The van der Waals surface area contributed by atoms with E-state index in [1.807, 2.05) is 30.3 Å². The van der Waals surface area contributed by atoms with Gasteiger partial charge in [0.25, 0.3) is 0 Å². The van der Waals surface area contributed by atoms with Gasteiger partial charge in [-0.05, 0) is 18.6 Å². The minimum atomic E-state index is -0.300. The lowest BCUT2D eigenvalue weighted by atomic mass is 10.2. The first-order chi connectivity index (χ1) is 7.74. The van der Waals surface area contributed by atoms with Crippen molar-refractivity contribution in [1.82, 2.24) is 0 Å². The lowest BCUT2D eigenvalue weighted by Gasteiger charge is -1.94. The fourth-order valence-corrected chi connectivity index (χ4v) is 0.919. The quantitative estimate of drug-likeness (QED) is 0.445. The Morgan fingerprint density at radius 2 is 1.94 bits per heavy atom. The van der Waals surface area contributed by atoms with E-state index in [1.54, 1.807) is 13.0 Å². The number of hydrogen-bond acceptors (Lipinski definition) is 3. The van der Waals surface area contributed by atoms with E-state index in [4.69, 9.17) is 9.53 Å². The molecule has 0 heterocycles. The summed E-state index contributed by atoms with van der Waals surface area (Å²) in [6.07, 6.45) is 3.66. The minimum absolute atomic E-state index is 0.300. The molecule has 0 unspecified atom stereocenters. The number of esters is 1. The second-order valence-corrected chi connectivity index (χ2v) is 2.66. The van der Waals surface area contributed by atoms with Gasteiger partial charge in [0.1, 0.15) is 6.29 Å². The second-order valence-electron chi connectivity index (χ2n) is 2.66. The molecule has 0 aromatic heterocycles. The Morgan fingerprint density at radius 1 is 1.38 bits per heavy atom. The summed E-state index contributed by atoms with van der Waals surface area (Å²) in [5.74, 6) is -0.300. The molecule has 3 heteroatoms. The average Bonchev–Trinajstić information content (AvgIpc) is 2.29. The number of benzene rings is 1. The first kappa shape index (κ1) is 14.1. The third-order valence-electron chi connectivity index (χ3n) is 1.50. The van der Waals surface area contributed by atoms with Gasteiger partial charge in [-0.25, -0.2) is 4.79 Å². The molecule has 0 amide bonds. The van der Waals surface area contributed by atoms with Crippen molar-refractivity contribution in [3.8, 4) is 0 Å². The van der Waals surface area contributed by atoms with Crippen LogP contribution in [0, 0.1) is 6.92 Å². The maximum Gasteiger partial charge on any atom is 0.330 e. The van der Waals surface area contributed by atoms with Crippen LogP contribution in [0.1, 0.15) is 12.5 Å². The second kappa shape index (κ2) is 9.65. The number of aldehydes is 1. The standard InChI is InChI=1S/C11H12O2.C2H3O/c1-2-13-11(12)9-8-10-6-4-3-5-7-10;1-2-3/h3-9H,2H2,1H3;2H,1H2/b9-8+;. The third kappa shape index (κ3) is 7.50. The first-order valence-corrected chi connectivity index (χ1v) is 4.87. The highest BCUT2D eigenvalue weighted by molar-refractivity contribution is 5.86. The van der Waals surface area contributed by atoms with Crippen molar-refractivity contribution in [3.05, 3.63) is 48.9 Å². The molecule has 0 aliphatic rings. The zero-order chi connectivity index (χ0) is 12.2. The van der Waals surface area contributed by atoms with Crippen LogP contribution in [0.3, 0.4) is 0 Å². The van der Waals surface area contributed by atoms with Crippen LogP contribution in [0.25, 0.3) is 6.08 Å². The number of ether oxygens (including phenoxy) is 1. The van der Waals surface area contributed by atoms with Crippen LogP contribution in [-0.2, 0) is 14.3 Å². The highest BCUT2D eigenvalue weighted by atomic mass is 16.5. The third-order valence-corrected chi connectivity index (χ3v) is 1.50. The van der Waals surface area contributed by atoms with E-state index < -0.39 is 0 Å². The molecule has 1 aromatic rings. The minimum Gasteiger partial charge on any atom is -0.463 e. The van der Waals surface area contributed by atoms with E-state index in [-0.39, 0.29) is 5.97 Å². The van der Waals surface area contributed by atoms with Gasteiger partial charge in [0, 0.05) is 13.0 Å². The molecule has 3 nitrogen and oxygen atoms in total. The van der Waals surface area contributed by atoms with E-state index in [2.05, 4.69) is 6.92 Å². The van der Waals surface area contributed by atoms with E-state index in [0.29, 0.717) is 12.9 Å². The van der Waals surface area contributed by atoms with Crippen molar-refractivity contribution >= 4 is 18.3 Å². The molecular weight excluding hydrogens is 204 g/mol. The number of hydrogen-bond donors (Lipinski definition) is 0. The fraction of sp³-hybridized carbons (Fsp3) is 0.154. The van der Waals surface area contributed by atoms with Gasteiger partial charge in [0.05, 0.1) is 6.61 Å². The van der Waals surface area contributed by atoms with Gasteiger partial charge in [-0.2, -0.15) is 0 Å². The first-order valence-electron chi connectivity index (χ1n) is 4.87. The predicted molar refractivity (Wildman–Crippen MR) is 63.5 cm³/mol. The Bertz CT molecular complexity index is 328. The molecule has 0 saturated heterocycles. The van der Waals surface area contributed by atoms with Crippen LogP contribution in [0.5, 0.6) is 0 Å². The molecule has 0 aliphatic heterocycles. The molecule has 0 bridgehead atoms. The zero-order valence-electron chi connectivity index (χ0n) is 9.26. The van der Waals surface area contributed by atoms with Crippen molar-refractivity contribution < 1.29 is 14.3 Å². The van der Waals surface area contributed by atoms with Crippen LogP contribution < -0.4 is 0 Å². The number of carbonyl (C=O) groups is 2. The molecular formula is C13H15O3. The number of rotatable bonds is 3. The molecule has 16 heavy (non-hydrogen) atoms. The molecule has 0 N–H and O–H groups in total. The van der Waals surface area contributed by atoms with Crippen LogP contribution >= 0.6 is 0 Å². The number of carbonyl (C=O) groups excluding carboxylic acids is 2. The normalized spacial score (nSPS) is 9.12. The van der Waals surface area contributed by atoms with E-state index in [0.717, 1.165) is 5.56 Å². The van der Waals surface area contributed by atoms with E-state index in [9.17, 15) is 4.79 Å². The summed E-state index contributed by atoms with van der Waals surface area (Å²) in [6, 6.07) is 9.63. The predicted octanol–water partition coefficient (Wildman–Crippen LogP) is 2.28. The van der Waals surface area contributed by atoms with Crippen molar-refractivity contribution in [3.63, 3.8) is 0 Å². The van der Waals surface area contributed by atoms with Crippen molar-refractivity contribution in [1.29, 1.82) is 0 Å². The Labute approximate surface area is 95.7 Å². The largest absolute Gasteiger partial charge is 0.463 e. The Balaban J connectivity index is 0.000000673. The molecule has 1 radical (unpaired) electrons. The van der Waals surface area contributed by atoms with Crippen molar-refractivity contribution in [2.24, 2.45) is 0 Å².